The van der Waals surface area contributed by atoms with Crippen LogP contribution in [0.1, 0.15) is 28.1 Å². The van der Waals surface area contributed by atoms with Gasteiger partial charge in [0.25, 0.3) is 23.2 Å². The zero-order valence-corrected chi connectivity index (χ0v) is 17.3. The van der Waals surface area contributed by atoms with Crippen LogP contribution in [0.5, 0.6) is 0 Å². The average molecular weight is 597 g/mol. The highest BCUT2D eigenvalue weighted by Crippen LogP contribution is 2.24. The van der Waals surface area contributed by atoms with Gasteiger partial charge in [0.05, 0.1) is 21.0 Å². The molecule has 0 aromatic heterocycles. The summed E-state index contributed by atoms with van der Waals surface area (Å²) < 4.78 is 0.873. The first-order valence-electron chi connectivity index (χ1n) is 6.83. The zero-order valence-electron chi connectivity index (χ0n) is 13.0. The van der Waals surface area contributed by atoms with Crippen LogP contribution in [0.3, 0.4) is 0 Å². The third-order valence-corrected chi connectivity index (χ3v) is 5.27. The van der Waals surface area contributed by atoms with E-state index in [1.807, 2.05) is 45.2 Å². The molecule has 11 heteroatoms. The minimum Gasteiger partial charge on any atom is -0.277 e. The highest BCUT2D eigenvalue weighted by molar-refractivity contribution is 14.1. The molecule has 0 aliphatic heterocycles. The van der Waals surface area contributed by atoms with Gasteiger partial charge in [-0.1, -0.05) is 7.43 Å². The van der Waals surface area contributed by atoms with Crippen LogP contribution in [-0.4, -0.2) is 33.6 Å². The quantitative estimate of drug-likeness (QED) is 0.225. The lowest BCUT2D eigenvalue weighted by molar-refractivity contribution is -0.385. The number of nitrogens with zero attached hydrogens (tertiary/aromatic N) is 3. The van der Waals surface area contributed by atoms with Crippen molar-refractivity contribution in [2.75, 3.05) is 7.05 Å². The average Bonchev–Trinajstić information content (AvgIpc) is 2.60. The normalized spacial score (nSPS) is 9.89. The predicted octanol–water partition coefficient (Wildman–Crippen LogP) is 4.26. The fourth-order valence-corrected chi connectivity index (χ4v) is 3.17. The lowest BCUT2D eigenvalue weighted by Crippen LogP contribution is -2.34. The van der Waals surface area contributed by atoms with Gasteiger partial charge in [0, 0.05) is 38.5 Å². The lowest BCUT2D eigenvalue weighted by atomic mass is 10.1. The van der Waals surface area contributed by atoms with Crippen LogP contribution in [0.15, 0.2) is 36.4 Å². The molecule has 2 amide bonds. The number of nitro groups is 2. The van der Waals surface area contributed by atoms with Crippen molar-refractivity contribution in [3.8, 4) is 0 Å². The van der Waals surface area contributed by atoms with Gasteiger partial charge in [-0.2, -0.15) is 0 Å². The molecule has 0 saturated heterocycles. The SMILES string of the molecule is C.CN(C(=O)c1cc([N+](=O)[O-])ccc1I)C(=O)c1cc([N+](=O)[O-])ccc1I. The number of amides is 2. The van der Waals surface area contributed by atoms with Crippen LogP contribution in [0, 0.1) is 27.4 Å². The second-order valence-electron chi connectivity index (χ2n) is 5.01. The number of carbonyl (C=O) groups is 2. The maximum absolute atomic E-state index is 12.6. The summed E-state index contributed by atoms with van der Waals surface area (Å²) in [6.07, 6.45) is 0. The Morgan fingerprint density at radius 1 is 0.852 bits per heavy atom. The molecule has 0 bridgehead atoms. The van der Waals surface area contributed by atoms with E-state index in [1.165, 1.54) is 31.3 Å². The number of carbonyl (C=O) groups excluding carboxylic acids is 2. The van der Waals surface area contributed by atoms with Crippen molar-refractivity contribution in [2.24, 2.45) is 0 Å². The molecule has 9 nitrogen and oxygen atoms in total. The summed E-state index contributed by atoms with van der Waals surface area (Å²) in [5.41, 5.74) is -0.564. The summed E-state index contributed by atoms with van der Waals surface area (Å²) in [7, 11) is 1.22. The monoisotopic (exact) mass is 597 g/mol. The Bertz CT molecular complexity index is 872. The molecule has 2 aromatic rings. The van der Waals surface area contributed by atoms with Crippen molar-refractivity contribution in [3.63, 3.8) is 0 Å². The summed E-state index contributed by atoms with van der Waals surface area (Å²) in [5, 5.41) is 21.8. The number of hydrogen-bond donors (Lipinski definition) is 0. The van der Waals surface area contributed by atoms with E-state index in [1.54, 1.807) is 0 Å². The second-order valence-corrected chi connectivity index (χ2v) is 7.34. The minimum atomic E-state index is -0.745. The van der Waals surface area contributed by atoms with E-state index >= 15 is 0 Å². The highest BCUT2D eigenvalue weighted by atomic mass is 127. The molecule has 2 aromatic carbocycles. The summed E-state index contributed by atoms with van der Waals surface area (Å²) in [4.78, 5) is 46.6. The molecule has 142 valence electrons. The summed E-state index contributed by atoms with van der Waals surface area (Å²) in [6.45, 7) is 0. The number of nitro benzene ring substituents is 2. The maximum atomic E-state index is 12.6. The summed E-state index contributed by atoms with van der Waals surface area (Å²) in [6, 6.07) is 7.50. The van der Waals surface area contributed by atoms with E-state index in [4.69, 9.17) is 0 Å². The van der Waals surface area contributed by atoms with E-state index in [0.29, 0.717) is 7.14 Å². The fourth-order valence-electron chi connectivity index (χ4n) is 2.04. The minimum absolute atomic E-state index is 0. The number of rotatable bonds is 4. The molecule has 0 aliphatic carbocycles. The summed E-state index contributed by atoms with van der Waals surface area (Å²) in [5.74, 6) is -1.49. The van der Waals surface area contributed by atoms with Crippen molar-refractivity contribution >= 4 is 68.4 Å². The molecule has 0 atom stereocenters. The Morgan fingerprint density at radius 2 is 1.19 bits per heavy atom. The van der Waals surface area contributed by atoms with E-state index in [9.17, 15) is 29.8 Å². The Morgan fingerprint density at radius 3 is 1.48 bits per heavy atom. The van der Waals surface area contributed by atoms with Gasteiger partial charge in [0.2, 0.25) is 0 Å². The fraction of sp³-hybridized carbons (Fsp3) is 0.125. The molecular formula is C16H13I2N3O6. The number of hydrogen-bond acceptors (Lipinski definition) is 6. The third-order valence-electron chi connectivity index (χ3n) is 3.39. The van der Waals surface area contributed by atoms with E-state index < -0.39 is 21.7 Å². The van der Waals surface area contributed by atoms with Gasteiger partial charge in [-0.15, -0.1) is 0 Å². The first kappa shape index (κ1) is 22.9. The number of halogens is 2. The molecule has 0 spiro atoms. The van der Waals surface area contributed by atoms with Crippen LogP contribution >= 0.6 is 45.2 Å². The van der Waals surface area contributed by atoms with Crippen LogP contribution < -0.4 is 0 Å². The zero-order chi connectivity index (χ0) is 19.6. The Labute approximate surface area is 181 Å². The van der Waals surface area contributed by atoms with Crippen LogP contribution in [-0.2, 0) is 0 Å². The lowest BCUT2D eigenvalue weighted by Gasteiger charge is -2.17. The van der Waals surface area contributed by atoms with Crippen LogP contribution in [0.25, 0.3) is 0 Å². The number of imide groups is 1. The Kier molecular flexibility index (Phi) is 7.77. The molecule has 2 rings (SSSR count). The topological polar surface area (TPSA) is 124 Å². The maximum Gasteiger partial charge on any atom is 0.270 e. The molecule has 0 radical (unpaired) electrons. The van der Waals surface area contributed by atoms with E-state index in [-0.39, 0.29) is 29.9 Å². The smallest absolute Gasteiger partial charge is 0.270 e. The first-order chi connectivity index (χ1) is 12.1. The van der Waals surface area contributed by atoms with E-state index in [2.05, 4.69) is 0 Å². The van der Waals surface area contributed by atoms with Crippen LogP contribution in [0.2, 0.25) is 0 Å². The van der Waals surface area contributed by atoms with Crippen molar-refractivity contribution < 1.29 is 19.4 Å². The van der Waals surface area contributed by atoms with Crippen molar-refractivity contribution in [2.45, 2.75) is 7.43 Å². The highest BCUT2D eigenvalue weighted by Gasteiger charge is 2.26. The molecule has 0 fully saturated rings. The van der Waals surface area contributed by atoms with E-state index in [0.717, 1.165) is 17.0 Å². The molecule has 0 heterocycles. The van der Waals surface area contributed by atoms with Crippen molar-refractivity contribution in [1.29, 1.82) is 0 Å². The van der Waals surface area contributed by atoms with Gasteiger partial charge >= 0.3 is 0 Å². The largest absolute Gasteiger partial charge is 0.277 e. The van der Waals surface area contributed by atoms with Crippen LogP contribution in [0.4, 0.5) is 11.4 Å². The molecule has 0 unspecified atom stereocenters. The molecule has 0 saturated carbocycles. The molecular weight excluding hydrogens is 584 g/mol. The Hall–Kier alpha value is -2.16. The predicted molar refractivity (Wildman–Crippen MR) is 115 cm³/mol. The number of non-ortho nitro benzene ring substituents is 2. The van der Waals surface area contributed by atoms with Gasteiger partial charge in [-0.05, 0) is 57.3 Å². The van der Waals surface area contributed by atoms with Gasteiger partial charge in [-0.25, -0.2) is 0 Å². The van der Waals surface area contributed by atoms with Crippen molar-refractivity contribution in [3.05, 3.63) is 74.9 Å². The van der Waals surface area contributed by atoms with Gasteiger partial charge in [-0.3, -0.25) is 34.7 Å². The second kappa shape index (κ2) is 9.16. The molecule has 27 heavy (non-hydrogen) atoms. The molecule has 0 N–H and O–H groups in total. The van der Waals surface area contributed by atoms with Crippen molar-refractivity contribution in [1.82, 2.24) is 4.90 Å². The number of benzene rings is 2. The molecule has 0 aliphatic rings. The van der Waals surface area contributed by atoms with Gasteiger partial charge in [0.15, 0.2) is 0 Å². The standard InChI is InChI=1S/C15H9I2N3O6.CH4/c1-18(14(21)10-6-8(19(23)24)2-4-12(10)16)15(22)11-7-9(20(25)26)3-5-13(11)17;/h2-7H,1H3;1H4. The first-order valence-corrected chi connectivity index (χ1v) is 8.99. The van der Waals surface area contributed by atoms with Gasteiger partial charge in [0.1, 0.15) is 0 Å². The van der Waals surface area contributed by atoms with Gasteiger partial charge < -0.3 is 0 Å². The third kappa shape index (κ3) is 4.97. The Balaban J connectivity index is 0.00000364. The summed E-state index contributed by atoms with van der Waals surface area (Å²) >= 11 is 3.67.